The van der Waals surface area contributed by atoms with E-state index in [4.69, 9.17) is 9.47 Å². The molecule has 2 atom stereocenters. The molecule has 0 aromatic heterocycles. The molecule has 2 unspecified atom stereocenters. The molecule has 1 heterocycles. The molecule has 1 aliphatic heterocycles. The van der Waals surface area contributed by atoms with Crippen LogP contribution in [0.1, 0.15) is 19.8 Å². The van der Waals surface area contributed by atoms with E-state index in [2.05, 4.69) is 13.8 Å². The van der Waals surface area contributed by atoms with Gasteiger partial charge in [0.2, 0.25) is 0 Å². The van der Waals surface area contributed by atoms with Crippen molar-refractivity contribution in [1.82, 2.24) is 0 Å². The maximum absolute atomic E-state index is 5.41. The standard InChI is InChI=1S/C8H15O2/c1-3-5-9-7(2)8-4-6-10-8/h7-8H,1,3-6H2,2H3. The monoisotopic (exact) mass is 143 g/mol. The summed E-state index contributed by atoms with van der Waals surface area (Å²) in [6, 6.07) is 0. The molecule has 0 aromatic carbocycles. The van der Waals surface area contributed by atoms with E-state index in [0.717, 1.165) is 26.1 Å². The quantitative estimate of drug-likeness (QED) is 0.592. The molecule has 1 rings (SSSR count). The van der Waals surface area contributed by atoms with Gasteiger partial charge in [-0.1, -0.05) is 6.92 Å². The van der Waals surface area contributed by atoms with E-state index in [0.29, 0.717) is 6.10 Å². The zero-order chi connectivity index (χ0) is 7.40. The van der Waals surface area contributed by atoms with Gasteiger partial charge in [-0.05, 0) is 19.8 Å². The lowest BCUT2D eigenvalue weighted by Gasteiger charge is -2.31. The van der Waals surface area contributed by atoms with Crippen molar-refractivity contribution >= 4 is 0 Å². The van der Waals surface area contributed by atoms with Crippen LogP contribution >= 0.6 is 0 Å². The Labute approximate surface area is 62.5 Å². The van der Waals surface area contributed by atoms with Crippen molar-refractivity contribution in [3.05, 3.63) is 6.92 Å². The highest BCUT2D eigenvalue weighted by Crippen LogP contribution is 2.17. The van der Waals surface area contributed by atoms with Crippen LogP contribution in [0.5, 0.6) is 0 Å². The summed E-state index contributed by atoms with van der Waals surface area (Å²) in [7, 11) is 0. The van der Waals surface area contributed by atoms with Gasteiger partial charge in [0, 0.05) is 13.2 Å². The first-order valence-corrected chi connectivity index (χ1v) is 3.87. The van der Waals surface area contributed by atoms with Crippen LogP contribution in [0.15, 0.2) is 0 Å². The van der Waals surface area contributed by atoms with Gasteiger partial charge in [0.25, 0.3) is 0 Å². The van der Waals surface area contributed by atoms with E-state index in [1.54, 1.807) is 0 Å². The Balaban J connectivity index is 2.02. The zero-order valence-corrected chi connectivity index (χ0v) is 6.51. The van der Waals surface area contributed by atoms with Gasteiger partial charge in [-0.2, -0.15) is 0 Å². The maximum Gasteiger partial charge on any atom is 0.0855 e. The molecular formula is C8H15O2. The average Bonchev–Trinajstić information content (AvgIpc) is 1.79. The Morgan fingerprint density at radius 3 is 2.90 bits per heavy atom. The first-order valence-electron chi connectivity index (χ1n) is 3.87. The number of rotatable bonds is 4. The second kappa shape index (κ2) is 3.94. The summed E-state index contributed by atoms with van der Waals surface area (Å²) in [5.74, 6) is 0. The van der Waals surface area contributed by atoms with Crippen molar-refractivity contribution in [1.29, 1.82) is 0 Å². The second-order valence-corrected chi connectivity index (χ2v) is 2.63. The Morgan fingerprint density at radius 2 is 2.50 bits per heavy atom. The van der Waals surface area contributed by atoms with Crippen molar-refractivity contribution in [3.8, 4) is 0 Å². The summed E-state index contributed by atoms with van der Waals surface area (Å²) in [6.07, 6.45) is 2.61. The Morgan fingerprint density at radius 1 is 1.80 bits per heavy atom. The van der Waals surface area contributed by atoms with Gasteiger partial charge >= 0.3 is 0 Å². The van der Waals surface area contributed by atoms with Gasteiger partial charge in [-0.15, -0.1) is 0 Å². The lowest BCUT2D eigenvalue weighted by atomic mass is 10.1. The number of hydrogen-bond donors (Lipinski definition) is 0. The van der Waals surface area contributed by atoms with E-state index in [1.807, 2.05) is 0 Å². The maximum atomic E-state index is 5.41. The van der Waals surface area contributed by atoms with Crippen molar-refractivity contribution < 1.29 is 9.47 Å². The van der Waals surface area contributed by atoms with E-state index in [9.17, 15) is 0 Å². The molecule has 2 heteroatoms. The second-order valence-electron chi connectivity index (χ2n) is 2.63. The first-order chi connectivity index (χ1) is 4.84. The zero-order valence-electron chi connectivity index (χ0n) is 6.51. The minimum absolute atomic E-state index is 0.260. The lowest BCUT2D eigenvalue weighted by Crippen LogP contribution is -2.38. The van der Waals surface area contributed by atoms with Gasteiger partial charge in [-0.3, -0.25) is 0 Å². The third kappa shape index (κ3) is 1.96. The van der Waals surface area contributed by atoms with Crippen molar-refractivity contribution in [2.75, 3.05) is 13.2 Å². The highest BCUT2D eigenvalue weighted by atomic mass is 16.6. The molecule has 1 radical (unpaired) electrons. The highest BCUT2D eigenvalue weighted by molar-refractivity contribution is 4.72. The summed E-state index contributed by atoms with van der Waals surface area (Å²) in [5.41, 5.74) is 0. The molecule has 0 aromatic rings. The summed E-state index contributed by atoms with van der Waals surface area (Å²) < 4.78 is 10.7. The number of ether oxygens (including phenoxy) is 2. The summed E-state index contributed by atoms with van der Waals surface area (Å²) >= 11 is 0. The minimum atomic E-state index is 0.260. The van der Waals surface area contributed by atoms with E-state index in [-0.39, 0.29) is 6.10 Å². The molecule has 10 heavy (non-hydrogen) atoms. The Bertz CT molecular complexity index is 89.3. The predicted octanol–water partition coefficient (Wildman–Crippen LogP) is 1.40. The van der Waals surface area contributed by atoms with Crippen molar-refractivity contribution in [3.63, 3.8) is 0 Å². The largest absolute Gasteiger partial charge is 0.376 e. The van der Waals surface area contributed by atoms with Gasteiger partial charge in [0.1, 0.15) is 0 Å². The van der Waals surface area contributed by atoms with Crippen LogP contribution in [-0.2, 0) is 9.47 Å². The summed E-state index contributed by atoms with van der Waals surface area (Å²) in [4.78, 5) is 0. The molecule has 0 amide bonds. The van der Waals surface area contributed by atoms with Crippen molar-refractivity contribution in [2.45, 2.75) is 32.0 Å². The molecule has 0 bridgehead atoms. The lowest BCUT2D eigenvalue weighted by molar-refractivity contribution is -0.130. The molecule has 0 N–H and O–H groups in total. The third-order valence-electron chi connectivity index (χ3n) is 1.78. The smallest absolute Gasteiger partial charge is 0.0855 e. The van der Waals surface area contributed by atoms with E-state index >= 15 is 0 Å². The van der Waals surface area contributed by atoms with Crippen LogP contribution in [-0.4, -0.2) is 25.4 Å². The van der Waals surface area contributed by atoms with Crippen LogP contribution in [0.3, 0.4) is 0 Å². The van der Waals surface area contributed by atoms with Gasteiger partial charge < -0.3 is 9.47 Å². The fraction of sp³-hybridized carbons (Fsp3) is 0.875. The average molecular weight is 143 g/mol. The number of hydrogen-bond acceptors (Lipinski definition) is 2. The van der Waals surface area contributed by atoms with Crippen LogP contribution < -0.4 is 0 Å². The fourth-order valence-corrected chi connectivity index (χ4v) is 1.00. The van der Waals surface area contributed by atoms with E-state index < -0.39 is 0 Å². The highest BCUT2D eigenvalue weighted by Gasteiger charge is 2.24. The van der Waals surface area contributed by atoms with Crippen LogP contribution in [0.2, 0.25) is 0 Å². The molecule has 1 saturated heterocycles. The Hall–Kier alpha value is -0.0800. The molecule has 1 fully saturated rings. The van der Waals surface area contributed by atoms with Gasteiger partial charge in [-0.25, -0.2) is 0 Å². The fourth-order valence-electron chi connectivity index (χ4n) is 1.00. The van der Waals surface area contributed by atoms with Crippen LogP contribution in [0.4, 0.5) is 0 Å². The molecule has 0 spiro atoms. The third-order valence-corrected chi connectivity index (χ3v) is 1.78. The molecular weight excluding hydrogens is 128 g/mol. The summed E-state index contributed by atoms with van der Waals surface area (Å²) in [6.45, 7) is 7.41. The van der Waals surface area contributed by atoms with Gasteiger partial charge in [0.05, 0.1) is 12.2 Å². The molecule has 59 valence electrons. The normalized spacial score (nSPS) is 27.6. The topological polar surface area (TPSA) is 18.5 Å². The van der Waals surface area contributed by atoms with Gasteiger partial charge in [0.15, 0.2) is 0 Å². The minimum Gasteiger partial charge on any atom is -0.376 e. The Kier molecular flexibility index (Phi) is 3.16. The molecule has 0 saturated carbocycles. The van der Waals surface area contributed by atoms with Crippen LogP contribution in [0, 0.1) is 6.92 Å². The summed E-state index contributed by atoms with van der Waals surface area (Å²) in [5, 5.41) is 0. The van der Waals surface area contributed by atoms with Crippen molar-refractivity contribution in [2.24, 2.45) is 0 Å². The molecule has 0 aliphatic carbocycles. The predicted molar refractivity (Wildman–Crippen MR) is 39.7 cm³/mol. The van der Waals surface area contributed by atoms with E-state index in [1.165, 1.54) is 0 Å². The van der Waals surface area contributed by atoms with Crippen LogP contribution in [0.25, 0.3) is 0 Å². The molecule has 1 aliphatic rings. The SMILES string of the molecule is [CH2]CCOC(C)C1CCO1. The first kappa shape index (κ1) is 8.02. The molecule has 2 nitrogen and oxygen atoms in total.